The predicted octanol–water partition coefficient (Wildman–Crippen LogP) is 7.57. The molecule has 0 aliphatic carbocycles. The number of carboxylic acids is 3. The van der Waals surface area contributed by atoms with E-state index in [4.69, 9.17) is 14.2 Å². The molecule has 3 rings (SSSR count). The number of carbonyl (C=O) groups excluding carboxylic acids is 3. The summed E-state index contributed by atoms with van der Waals surface area (Å²) >= 11 is 0. The van der Waals surface area contributed by atoms with E-state index in [2.05, 4.69) is 0 Å². The second-order valence-corrected chi connectivity index (χ2v) is 19.3. The van der Waals surface area contributed by atoms with Crippen molar-refractivity contribution in [3.63, 3.8) is 0 Å². The van der Waals surface area contributed by atoms with Crippen LogP contribution in [0.25, 0.3) is 0 Å². The molecule has 0 saturated heterocycles. The summed E-state index contributed by atoms with van der Waals surface area (Å²) in [6.07, 6.45) is 0. The van der Waals surface area contributed by atoms with Crippen LogP contribution in [0, 0.1) is 0 Å². The van der Waals surface area contributed by atoms with E-state index in [-0.39, 0.29) is 50.0 Å². The molecule has 10 heteroatoms. The van der Waals surface area contributed by atoms with E-state index in [1.807, 2.05) is 143 Å². The van der Waals surface area contributed by atoms with Gasteiger partial charge < -0.3 is 43.9 Å². The smallest absolute Gasteiger partial charge is 0.545 e. The molecule has 0 bridgehead atoms. The molecule has 0 N–H and O–H groups in total. The second-order valence-electron chi connectivity index (χ2n) is 19.3. The Hall–Kier alpha value is -4.01. The summed E-state index contributed by atoms with van der Waals surface area (Å²) in [7, 11) is 0. The van der Waals surface area contributed by atoms with Gasteiger partial charge in [-0.25, -0.2) is 0 Å². The topological polar surface area (TPSA) is 148 Å². The minimum Gasteiger partial charge on any atom is -0.545 e. The fraction of sp³-hybridized carbons (Fsp3) is 0.533. The van der Waals surface area contributed by atoms with E-state index in [0.717, 1.165) is 16.7 Å². The van der Waals surface area contributed by atoms with Gasteiger partial charge in [0.2, 0.25) is 0 Å². The molecule has 9 nitrogen and oxygen atoms in total. The maximum Gasteiger partial charge on any atom is 3.00 e. The number of benzene rings is 3. The zero-order chi connectivity index (χ0) is 42.4. The summed E-state index contributed by atoms with van der Waals surface area (Å²) in [6, 6.07) is 15.4. The van der Waals surface area contributed by atoms with Crippen LogP contribution in [0.4, 0.5) is 0 Å². The Morgan fingerprint density at radius 2 is 0.564 bits per heavy atom. The van der Waals surface area contributed by atoms with Crippen LogP contribution < -0.4 is 29.5 Å². The molecule has 3 aromatic carbocycles. The molecule has 0 aliphatic rings. The zero-order valence-electron chi connectivity index (χ0n) is 36.2. The van der Waals surface area contributed by atoms with Gasteiger partial charge in [0.1, 0.15) is 34.1 Å². The number of hydrogen-bond donors (Lipinski definition) is 0. The second kappa shape index (κ2) is 18.8. The maximum absolute atomic E-state index is 11.2. The molecule has 0 aromatic heterocycles. The Kier molecular flexibility index (Phi) is 17.4. The Balaban J connectivity index is 0.000000788. The first-order chi connectivity index (χ1) is 24.1. The fourth-order valence-corrected chi connectivity index (χ4v) is 5.11. The third-order valence-electron chi connectivity index (χ3n) is 7.35. The van der Waals surface area contributed by atoms with E-state index in [0.29, 0.717) is 17.2 Å². The molecule has 0 amide bonds. The minimum atomic E-state index is -1.21. The number of aromatic carboxylic acids is 3. The molecule has 0 spiro atoms. The third-order valence-corrected chi connectivity index (χ3v) is 7.35. The van der Waals surface area contributed by atoms with Crippen molar-refractivity contribution >= 4 is 17.9 Å². The average molecular weight is 804 g/mol. The van der Waals surface area contributed by atoms with Crippen LogP contribution in [0.1, 0.15) is 172 Å². The SMILES string of the molecule is CC(C)(C)Oc1c(C(=O)[O-])cccc1C(C)(C)C.CC(C)(C)Oc1c(C(=O)[O-])cccc1C(C)(C)C.CC(C)(C)Oc1c(C(=O)[O-])cccc1C(C)(C)C.[Fe+3]. The van der Waals surface area contributed by atoms with Crippen LogP contribution in [0.2, 0.25) is 0 Å². The summed E-state index contributed by atoms with van der Waals surface area (Å²) in [5.74, 6) is -2.38. The summed E-state index contributed by atoms with van der Waals surface area (Å²) in [4.78, 5) is 33.6. The van der Waals surface area contributed by atoms with Crippen molar-refractivity contribution in [2.75, 3.05) is 0 Å². The van der Waals surface area contributed by atoms with Crippen LogP contribution >= 0.6 is 0 Å². The fourth-order valence-electron chi connectivity index (χ4n) is 5.11. The molecule has 1 radical (unpaired) electrons. The number of rotatable bonds is 6. The monoisotopic (exact) mass is 803 g/mol. The molecule has 305 valence electrons. The average Bonchev–Trinajstić information content (AvgIpc) is 2.93. The Morgan fingerprint density at radius 3 is 0.691 bits per heavy atom. The van der Waals surface area contributed by atoms with Gasteiger partial charge in [0, 0.05) is 33.4 Å². The van der Waals surface area contributed by atoms with Crippen molar-refractivity contribution in [1.29, 1.82) is 0 Å². The van der Waals surface area contributed by atoms with Gasteiger partial charge in [0.25, 0.3) is 0 Å². The van der Waals surface area contributed by atoms with Gasteiger partial charge in [-0.2, -0.15) is 0 Å². The number of carbonyl (C=O) groups is 3. The molecule has 0 fully saturated rings. The zero-order valence-corrected chi connectivity index (χ0v) is 37.3. The molecule has 3 aromatic rings. The van der Waals surface area contributed by atoms with E-state index in [1.54, 1.807) is 18.2 Å². The molecule has 0 unspecified atom stereocenters. The molecule has 0 aliphatic heterocycles. The maximum atomic E-state index is 11.2. The van der Waals surface area contributed by atoms with E-state index in [1.165, 1.54) is 18.2 Å². The minimum absolute atomic E-state index is 0. The largest absolute Gasteiger partial charge is 3.00 e. The molecule has 0 saturated carbocycles. The summed E-state index contributed by atoms with van der Waals surface area (Å²) in [5, 5.41) is 33.6. The molecule has 0 heterocycles. The number of para-hydroxylation sites is 3. The van der Waals surface area contributed by atoms with Crippen molar-refractivity contribution in [3.8, 4) is 17.2 Å². The van der Waals surface area contributed by atoms with Crippen LogP contribution in [-0.2, 0) is 33.3 Å². The van der Waals surface area contributed by atoms with Gasteiger partial charge in [-0.3, -0.25) is 0 Å². The van der Waals surface area contributed by atoms with Crippen molar-refractivity contribution < 1.29 is 61.0 Å². The van der Waals surface area contributed by atoms with Gasteiger partial charge in [-0.15, -0.1) is 0 Å². The van der Waals surface area contributed by atoms with Crippen LogP contribution in [0.15, 0.2) is 54.6 Å². The van der Waals surface area contributed by atoms with Crippen molar-refractivity contribution in [2.24, 2.45) is 0 Å². The first kappa shape index (κ1) is 51.0. The van der Waals surface area contributed by atoms with Gasteiger partial charge in [0.15, 0.2) is 0 Å². The third kappa shape index (κ3) is 16.7. The van der Waals surface area contributed by atoms with Crippen LogP contribution in [0.3, 0.4) is 0 Å². The quantitative estimate of drug-likeness (QED) is 0.230. The van der Waals surface area contributed by atoms with Crippen molar-refractivity contribution in [1.82, 2.24) is 0 Å². The van der Waals surface area contributed by atoms with Crippen molar-refractivity contribution in [2.45, 2.75) is 158 Å². The number of hydrogen-bond acceptors (Lipinski definition) is 9. The number of carboxylic acid groups (broad SMARTS) is 3. The number of ether oxygens (including phenoxy) is 3. The summed E-state index contributed by atoms with van der Waals surface area (Å²) in [5.41, 5.74) is 1.02. The summed E-state index contributed by atoms with van der Waals surface area (Å²) < 4.78 is 17.5. The first-order valence-electron chi connectivity index (χ1n) is 18.2. The normalized spacial score (nSPS) is 12.1. The Bertz CT molecular complexity index is 1560. The molecule has 55 heavy (non-hydrogen) atoms. The molecular formula is C45H63FeO9. The summed E-state index contributed by atoms with van der Waals surface area (Å²) in [6.45, 7) is 35.3. The Morgan fingerprint density at radius 1 is 0.382 bits per heavy atom. The standard InChI is InChI=1S/3C15H22O3.Fe/c3*1-14(2,3)11-9-7-8-10(13(16)17)12(11)18-15(4,5)6;/h3*7-9H,1-6H3,(H,16,17);/q;;;+3/p-3. The molecule has 0 atom stereocenters. The van der Waals surface area contributed by atoms with Crippen LogP contribution in [-0.4, -0.2) is 34.7 Å². The van der Waals surface area contributed by atoms with E-state index >= 15 is 0 Å². The van der Waals surface area contributed by atoms with Crippen LogP contribution in [0.5, 0.6) is 17.2 Å². The van der Waals surface area contributed by atoms with Gasteiger partial charge >= 0.3 is 17.1 Å². The predicted molar refractivity (Wildman–Crippen MR) is 210 cm³/mol. The van der Waals surface area contributed by atoms with Gasteiger partial charge in [0.05, 0.1) is 17.9 Å². The van der Waals surface area contributed by atoms with E-state index < -0.39 is 34.7 Å². The first-order valence-corrected chi connectivity index (χ1v) is 18.2. The molecular weight excluding hydrogens is 740 g/mol. The van der Waals surface area contributed by atoms with Crippen molar-refractivity contribution in [3.05, 3.63) is 88.0 Å². The van der Waals surface area contributed by atoms with E-state index in [9.17, 15) is 29.7 Å². The van der Waals surface area contributed by atoms with Gasteiger partial charge in [-0.05, 0) is 96.8 Å². The van der Waals surface area contributed by atoms with Gasteiger partial charge in [-0.1, -0.05) is 98.7 Å². The Labute approximate surface area is 340 Å².